The molecule has 3 aromatic rings. The average molecular weight is 467 g/mol. The lowest BCUT2D eigenvalue weighted by Gasteiger charge is -2.21. The lowest BCUT2D eigenvalue weighted by molar-refractivity contribution is -0.120. The van der Waals surface area contributed by atoms with Crippen LogP contribution in [0.1, 0.15) is 47.9 Å². The number of nitrogens with one attached hydrogen (secondary N) is 2. The molecule has 8 heteroatoms. The zero-order valence-corrected chi connectivity index (χ0v) is 19.5. The second kappa shape index (κ2) is 10.7. The fourth-order valence-corrected chi connectivity index (χ4v) is 5.40. The first kappa shape index (κ1) is 22.5. The molecule has 2 aromatic carbocycles. The van der Waals surface area contributed by atoms with E-state index in [1.165, 1.54) is 29.5 Å². The lowest BCUT2D eigenvalue weighted by atomic mass is 9.88. The molecule has 6 nitrogen and oxygen atoms in total. The summed E-state index contributed by atoms with van der Waals surface area (Å²) in [4.78, 5) is 26.5. The number of hydrogen-bond donors (Lipinski definition) is 2. The van der Waals surface area contributed by atoms with Crippen molar-refractivity contribution >= 4 is 45.7 Å². The fraction of sp³-hybridized carbons (Fsp3) is 0.333. The molecule has 1 aromatic heterocycles. The summed E-state index contributed by atoms with van der Waals surface area (Å²) in [5, 5.41) is 14.7. The SMILES string of the molecule is Cc1nnc(NC(=O)C(Sc2ccc(NC(=O)C3CCCCC3)cc2)c2ccccc2)s1. The van der Waals surface area contributed by atoms with Crippen molar-refractivity contribution in [2.75, 3.05) is 10.6 Å². The van der Waals surface area contributed by atoms with Gasteiger partial charge in [0.2, 0.25) is 16.9 Å². The van der Waals surface area contributed by atoms with Crippen LogP contribution in [0.25, 0.3) is 0 Å². The van der Waals surface area contributed by atoms with E-state index >= 15 is 0 Å². The molecule has 166 valence electrons. The van der Waals surface area contributed by atoms with Crippen LogP contribution < -0.4 is 10.6 Å². The van der Waals surface area contributed by atoms with E-state index in [0.29, 0.717) is 5.13 Å². The Morgan fingerprint density at radius 3 is 2.34 bits per heavy atom. The van der Waals surface area contributed by atoms with Crippen molar-refractivity contribution in [1.82, 2.24) is 10.2 Å². The number of aryl methyl sites for hydroxylation is 1. The minimum Gasteiger partial charge on any atom is -0.326 e. The molecule has 1 aliphatic rings. The summed E-state index contributed by atoms with van der Waals surface area (Å²) in [6, 6.07) is 17.4. The highest BCUT2D eigenvalue weighted by molar-refractivity contribution is 8.00. The minimum absolute atomic E-state index is 0.110. The van der Waals surface area contributed by atoms with Crippen molar-refractivity contribution in [2.24, 2.45) is 5.92 Å². The third-order valence-electron chi connectivity index (χ3n) is 5.45. The quantitative estimate of drug-likeness (QED) is 0.428. The third-order valence-corrected chi connectivity index (χ3v) is 7.47. The van der Waals surface area contributed by atoms with Gasteiger partial charge in [0.25, 0.3) is 0 Å². The van der Waals surface area contributed by atoms with Crippen molar-refractivity contribution in [1.29, 1.82) is 0 Å². The van der Waals surface area contributed by atoms with E-state index in [4.69, 9.17) is 0 Å². The number of benzene rings is 2. The molecule has 1 fully saturated rings. The number of aromatic nitrogens is 2. The van der Waals surface area contributed by atoms with Crippen LogP contribution in [0.15, 0.2) is 59.5 Å². The number of hydrogen-bond acceptors (Lipinski definition) is 6. The Morgan fingerprint density at radius 2 is 1.69 bits per heavy atom. The third kappa shape index (κ3) is 5.95. The maximum absolute atomic E-state index is 13.1. The number of carbonyl (C=O) groups is 2. The van der Waals surface area contributed by atoms with E-state index in [0.717, 1.165) is 46.8 Å². The Balaban J connectivity index is 1.44. The zero-order chi connectivity index (χ0) is 22.3. The van der Waals surface area contributed by atoms with Crippen molar-refractivity contribution in [3.8, 4) is 0 Å². The van der Waals surface area contributed by atoms with E-state index < -0.39 is 5.25 Å². The van der Waals surface area contributed by atoms with Gasteiger partial charge in [-0.3, -0.25) is 14.9 Å². The molecule has 32 heavy (non-hydrogen) atoms. The van der Waals surface area contributed by atoms with Crippen molar-refractivity contribution in [3.05, 3.63) is 65.2 Å². The van der Waals surface area contributed by atoms with Gasteiger partial charge in [0.1, 0.15) is 10.3 Å². The van der Waals surface area contributed by atoms with Gasteiger partial charge in [-0.2, -0.15) is 0 Å². The Kier molecular flexibility index (Phi) is 7.55. The van der Waals surface area contributed by atoms with E-state index in [1.807, 2.05) is 61.5 Å². The van der Waals surface area contributed by atoms with Crippen LogP contribution in [0.4, 0.5) is 10.8 Å². The van der Waals surface area contributed by atoms with Crippen LogP contribution in [0.2, 0.25) is 0 Å². The van der Waals surface area contributed by atoms with Crippen LogP contribution in [0.3, 0.4) is 0 Å². The molecule has 0 saturated heterocycles. The molecule has 0 spiro atoms. The summed E-state index contributed by atoms with van der Waals surface area (Å²) in [5.41, 5.74) is 1.70. The molecule has 1 atom stereocenters. The van der Waals surface area contributed by atoms with Gasteiger partial charge in [-0.15, -0.1) is 22.0 Å². The average Bonchev–Trinajstić information content (AvgIpc) is 3.24. The summed E-state index contributed by atoms with van der Waals surface area (Å²) >= 11 is 2.81. The van der Waals surface area contributed by atoms with Gasteiger partial charge in [0, 0.05) is 16.5 Å². The molecular formula is C24H26N4O2S2. The molecule has 0 radical (unpaired) electrons. The lowest BCUT2D eigenvalue weighted by Crippen LogP contribution is -2.24. The first-order valence-corrected chi connectivity index (χ1v) is 12.5. The Labute approximate surface area is 196 Å². The topological polar surface area (TPSA) is 84.0 Å². The van der Waals surface area contributed by atoms with E-state index in [-0.39, 0.29) is 17.7 Å². The molecule has 1 heterocycles. The molecule has 0 aliphatic heterocycles. The summed E-state index contributed by atoms with van der Waals surface area (Å²) < 4.78 is 0. The van der Waals surface area contributed by atoms with Gasteiger partial charge in [0.05, 0.1) is 0 Å². The van der Waals surface area contributed by atoms with Crippen LogP contribution in [0.5, 0.6) is 0 Å². The fourth-order valence-electron chi connectivity index (χ4n) is 3.78. The largest absolute Gasteiger partial charge is 0.326 e. The Bertz CT molecular complexity index is 1050. The molecule has 2 amide bonds. The molecule has 1 saturated carbocycles. The van der Waals surface area contributed by atoms with Crippen molar-refractivity contribution < 1.29 is 9.59 Å². The second-order valence-corrected chi connectivity index (χ2v) is 10.2. The molecule has 1 aliphatic carbocycles. The van der Waals surface area contributed by atoms with Crippen LogP contribution in [-0.4, -0.2) is 22.0 Å². The smallest absolute Gasteiger partial charge is 0.244 e. The molecule has 2 N–H and O–H groups in total. The second-order valence-electron chi connectivity index (χ2n) is 7.87. The normalized spacial score (nSPS) is 15.2. The summed E-state index contributed by atoms with van der Waals surface area (Å²) in [6.07, 6.45) is 5.44. The molecule has 0 bridgehead atoms. The van der Waals surface area contributed by atoms with E-state index in [2.05, 4.69) is 20.8 Å². The highest BCUT2D eigenvalue weighted by atomic mass is 32.2. The predicted molar refractivity (Wildman–Crippen MR) is 130 cm³/mol. The number of anilines is 2. The van der Waals surface area contributed by atoms with Crippen LogP contribution >= 0.6 is 23.1 Å². The van der Waals surface area contributed by atoms with Crippen molar-refractivity contribution in [2.45, 2.75) is 49.2 Å². The van der Waals surface area contributed by atoms with E-state index in [1.54, 1.807) is 0 Å². The minimum atomic E-state index is -0.442. The van der Waals surface area contributed by atoms with Gasteiger partial charge in [0.15, 0.2) is 0 Å². The predicted octanol–water partition coefficient (Wildman–Crippen LogP) is 5.84. The summed E-state index contributed by atoms with van der Waals surface area (Å²) in [7, 11) is 0. The monoisotopic (exact) mass is 466 g/mol. The maximum atomic E-state index is 13.1. The van der Waals surface area contributed by atoms with Gasteiger partial charge < -0.3 is 5.32 Å². The Hall–Kier alpha value is -2.71. The highest BCUT2D eigenvalue weighted by Crippen LogP contribution is 2.37. The van der Waals surface area contributed by atoms with Crippen LogP contribution in [0, 0.1) is 12.8 Å². The molecular weight excluding hydrogens is 440 g/mol. The number of carbonyl (C=O) groups excluding carboxylic acids is 2. The standard InChI is InChI=1S/C24H26N4O2S2/c1-16-27-28-24(31-16)26-23(30)21(17-8-4-2-5-9-17)32-20-14-12-19(13-15-20)25-22(29)18-10-6-3-7-11-18/h2,4-5,8-9,12-15,18,21H,3,6-7,10-11H2,1H3,(H,25,29)(H,26,28,30). The van der Waals surface area contributed by atoms with Gasteiger partial charge in [-0.05, 0) is 49.6 Å². The molecule has 4 rings (SSSR count). The summed E-state index contributed by atoms with van der Waals surface area (Å²) in [6.45, 7) is 1.85. The number of nitrogens with zero attached hydrogens (tertiary/aromatic N) is 2. The van der Waals surface area contributed by atoms with E-state index in [9.17, 15) is 9.59 Å². The number of rotatable bonds is 7. The number of thioether (sulfide) groups is 1. The summed E-state index contributed by atoms with van der Waals surface area (Å²) in [5.74, 6) is 0.0824. The first-order chi connectivity index (χ1) is 15.6. The van der Waals surface area contributed by atoms with Crippen molar-refractivity contribution in [3.63, 3.8) is 0 Å². The first-order valence-electron chi connectivity index (χ1n) is 10.8. The highest BCUT2D eigenvalue weighted by Gasteiger charge is 2.24. The van der Waals surface area contributed by atoms with Gasteiger partial charge >= 0.3 is 0 Å². The van der Waals surface area contributed by atoms with Crippen LogP contribution in [-0.2, 0) is 9.59 Å². The zero-order valence-electron chi connectivity index (χ0n) is 17.9. The molecule has 1 unspecified atom stereocenters. The Morgan fingerprint density at radius 1 is 0.969 bits per heavy atom. The maximum Gasteiger partial charge on any atom is 0.244 e. The number of amides is 2. The van der Waals surface area contributed by atoms with Gasteiger partial charge in [-0.1, -0.05) is 60.9 Å². The van der Waals surface area contributed by atoms with Gasteiger partial charge in [-0.25, -0.2) is 0 Å².